The van der Waals surface area contributed by atoms with Gasteiger partial charge in [0.05, 0.1) is 0 Å². The average Bonchev–Trinajstić information content (AvgIpc) is 2.55. The Kier molecular flexibility index (Phi) is 22.5. The molecule has 0 saturated heterocycles. The van der Waals surface area contributed by atoms with Gasteiger partial charge in [0.25, 0.3) is 0 Å². The fourth-order valence-electron chi connectivity index (χ4n) is 1.91. The van der Waals surface area contributed by atoms with Gasteiger partial charge in [-0.1, -0.05) is 39.0 Å². The van der Waals surface area contributed by atoms with Crippen LogP contribution in [-0.4, -0.2) is 46.0 Å². The van der Waals surface area contributed by atoms with Crippen molar-refractivity contribution < 1.29 is 61.7 Å². The topological polar surface area (TPSA) is 180 Å². The second kappa shape index (κ2) is 19.3. The molecule has 1 saturated carbocycles. The van der Waals surface area contributed by atoms with Crippen LogP contribution in [-0.2, 0) is 39.9 Å². The van der Waals surface area contributed by atoms with Crippen molar-refractivity contribution >= 4 is 20.2 Å². The minimum Gasteiger partial charge on any atom is -0.677 e. The van der Waals surface area contributed by atoms with Gasteiger partial charge >= 0.3 is 41.3 Å². The molecule has 26 heavy (non-hydrogen) atoms. The van der Waals surface area contributed by atoms with E-state index in [9.17, 15) is 9.59 Å². The molecule has 0 aromatic rings. The summed E-state index contributed by atoms with van der Waals surface area (Å²) < 4.78 is 11.6. The van der Waals surface area contributed by atoms with Crippen LogP contribution in [0.2, 0.25) is 0 Å². The van der Waals surface area contributed by atoms with Gasteiger partial charge in [0.2, 0.25) is 6.04 Å². The standard InChI is InChI=1S/C7H13NO4.C7H13N.HO4P.Pt.H2/c1-2-3-4-8-5(6(9)10)7(11)12;1-6-4-2-3-5-7(6)8;1-4-5(2)3;;/h5,8H,2-4H2,1H3,(H,9,10)(H,11,12);6-8H,1-5H2;1H;;1H/q;-2;;+2;. The molecule has 1 aliphatic rings. The molecule has 3 atom stereocenters. The molecule has 0 aliphatic heterocycles. The molecule has 0 spiro atoms. The first-order chi connectivity index (χ1) is 11.7. The van der Waals surface area contributed by atoms with E-state index in [1.165, 1.54) is 19.3 Å². The van der Waals surface area contributed by atoms with E-state index >= 15 is 0 Å². The second-order valence-corrected chi connectivity index (χ2v) is 5.98. The molecule has 3 unspecified atom stereocenters. The maximum Gasteiger partial charge on any atom is 2.00 e. The number of aliphatic carboxylic acids is 2. The second-order valence-electron chi connectivity index (χ2n) is 5.37. The summed E-state index contributed by atoms with van der Waals surface area (Å²) in [4.78, 5) is 29.5. The maximum absolute atomic E-state index is 10.3. The summed E-state index contributed by atoms with van der Waals surface area (Å²) in [6.45, 7) is 6.25. The molecule has 12 heteroatoms. The van der Waals surface area contributed by atoms with E-state index in [2.05, 4.69) is 16.9 Å². The van der Waals surface area contributed by atoms with Crippen LogP contribution in [0.15, 0.2) is 0 Å². The monoisotopic (exact) mass is 579 g/mol. The number of hydrogen-bond donors (Lipinski definition) is 4. The molecule has 0 aromatic carbocycles. The van der Waals surface area contributed by atoms with Gasteiger partial charge in [0, 0.05) is 6.10 Å². The Bertz CT molecular complexity index is 385. The summed E-state index contributed by atoms with van der Waals surface area (Å²) >= 11 is 0. The van der Waals surface area contributed by atoms with Crippen LogP contribution in [0, 0.1) is 12.8 Å². The predicted octanol–water partition coefficient (Wildman–Crippen LogP) is 2.08. The fraction of sp³-hybridized carbons (Fsp3) is 0.786. The van der Waals surface area contributed by atoms with E-state index in [1.807, 2.05) is 6.92 Å². The number of carbonyl (C=O) groups is 2. The SMILES string of the molecule is CCCCNC(C(=O)O)C(=O)O.O=[P+]([O-])OO.[CH2-]C1CCCCC1[NH-].[HH].[Pt+2]. The van der Waals surface area contributed by atoms with Gasteiger partial charge in [-0.3, -0.25) is 5.32 Å². The van der Waals surface area contributed by atoms with E-state index in [-0.39, 0.29) is 28.5 Å². The van der Waals surface area contributed by atoms with Crippen LogP contribution >= 0.6 is 8.25 Å². The zero-order chi connectivity index (χ0) is 19.8. The van der Waals surface area contributed by atoms with Crippen LogP contribution in [0.25, 0.3) is 5.73 Å². The first-order valence-electron chi connectivity index (χ1n) is 7.86. The van der Waals surface area contributed by atoms with E-state index in [1.54, 1.807) is 0 Å². The minimum absolute atomic E-state index is 0. The van der Waals surface area contributed by atoms with Gasteiger partial charge in [0.15, 0.2) is 0 Å². The number of nitrogens with one attached hydrogen (secondary N) is 2. The molecular weight excluding hydrogens is 550 g/mol. The zero-order valence-corrected chi connectivity index (χ0v) is 17.7. The Hall–Kier alpha value is -0.472. The molecule has 1 rings (SSSR count). The molecule has 0 radical (unpaired) electrons. The smallest absolute Gasteiger partial charge is 0.677 e. The third kappa shape index (κ3) is 18.3. The molecule has 10 nitrogen and oxygen atoms in total. The Morgan fingerprint density at radius 2 is 1.85 bits per heavy atom. The molecule has 1 fully saturated rings. The maximum atomic E-state index is 10.3. The quantitative estimate of drug-likeness (QED) is 0.0877. The van der Waals surface area contributed by atoms with Crippen molar-refractivity contribution in [3.8, 4) is 0 Å². The van der Waals surface area contributed by atoms with Crippen LogP contribution < -0.4 is 10.2 Å². The molecule has 0 bridgehead atoms. The largest absolute Gasteiger partial charge is 2.00 e. The number of rotatable bonds is 7. The first-order valence-corrected chi connectivity index (χ1v) is 8.95. The van der Waals surface area contributed by atoms with Crippen molar-refractivity contribution in [2.45, 2.75) is 57.5 Å². The van der Waals surface area contributed by atoms with Crippen molar-refractivity contribution in [2.24, 2.45) is 5.92 Å². The van der Waals surface area contributed by atoms with E-state index in [0.29, 0.717) is 12.5 Å². The van der Waals surface area contributed by atoms with Crippen molar-refractivity contribution in [1.29, 1.82) is 0 Å². The van der Waals surface area contributed by atoms with Crippen molar-refractivity contribution in [2.75, 3.05) is 6.54 Å². The van der Waals surface area contributed by atoms with Crippen molar-refractivity contribution in [1.82, 2.24) is 5.32 Å². The molecule has 158 valence electrons. The molecule has 0 aromatic heterocycles. The van der Waals surface area contributed by atoms with Gasteiger partial charge in [-0.2, -0.15) is 12.0 Å². The zero-order valence-electron chi connectivity index (χ0n) is 14.5. The third-order valence-electron chi connectivity index (χ3n) is 3.35. The Morgan fingerprint density at radius 1 is 1.38 bits per heavy atom. The fourth-order valence-corrected chi connectivity index (χ4v) is 1.91. The van der Waals surface area contributed by atoms with E-state index in [0.717, 1.165) is 19.3 Å². The molecule has 1 aliphatic carbocycles. The molecular formula is C14H29N2O8PPt. The van der Waals surface area contributed by atoms with Crippen LogP contribution in [0.1, 0.15) is 46.9 Å². The van der Waals surface area contributed by atoms with Crippen molar-refractivity contribution in [3.63, 3.8) is 0 Å². The summed E-state index contributed by atoms with van der Waals surface area (Å²) in [7, 11) is -3.04. The normalized spacial score (nSPS) is 19.1. The number of unbranched alkanes of at least 4 members (excludes halogenated alkanes) is 1. The minimum atomic E-state index is -3.04. The van der Waals surface area contributed by atoms with Gasteiger partial charge in [-0.15, -0.1) is 0 Å². The summed E-state index contributed by atoms with van der Waals surface area (Å²) in [6, 6.07) is -1.33. The summed E-state index contributed by atoms with van der Waals surface area (Å²) in [5.74, 6) is -2.28. The Labute approximate surface area is 170 Å². The number of hydrogen-bond acceptors (Lipinski definition) is 7. The summed E-state index contributed by atoms with van der Waals surface area (Å²) in [6.07, 6.45) is 6.47. The molecule has 0 amide bonds. The Morgan fingerprint density at radius 3 is 2.12 bits per heavy atom. The van der Waals surface area contributed by atoms with Gasteiger partial charge in [-0.05, 0) is 17.5 Å². The average molecular weight is 579 g/mol. The van der Waals surface area contributed by atoms with E-state index < -0.39 is 26.2 Å². The first kappa shape index (κ1) is 30.3. The summed E-state index contributed by atoms with van der Waals surface area (Å²) in [5, 5.41) is 26.3. The predicted molar refractivity (Wildman–Crippen MR) is 90.8 cm³/mol. The number of carboxylic acid groups (broad SMARTS) is 2. The molecule has 5 N–H and O–H groups in total. The van der Waals surface area contributed by atoms with E-state index in [4.69, 9.17) is 30.7 Å². The van der Waals surface area contributed by atoms with Crippen LogP contribution in [0.3, 0.4) is 0 Å². The van der Waals surface area contributed by atoms with Crippen molar-refractivity contribution in [3.05, 3.63) is 12.7 Å². The van der Waals surface area contributed by atoms with Crippen LogP contribution in [0.4, 0.5) is 0 Å². The third-order valence-corrected chi connectivity index (χ3v) is 3.48. The van der Waals surface area contributed by atoms with Gasteiger partial charge in [0.1, 0.15) is 0 Å². The van der Waals surface area contributed by atoms with Gasteiger partial charge < -0.3 is 27.8 Å². The van der Waals surface area contributed by atoms with Gasteiger partial charge in [-0.25, -0.2) is 14.8 Å². The summed E-state index contributed by atoms with van der Waals surface area (Å²) in [5.41, 5.74) is 7.42. The Balaban J connectivity index is -0.000000154. The van der Waals surface area contributed by atoms with Crippen LogP contribution in [0.5, 0.6) is 0 Å². The number of carboxylic acids is 2. The molecule has 0 heterocycles.